The zero-order valence-electron chi connectivity index (χ0n) is 9.90. The van der Waals surface area contributed by atoms with Crippen LogP contribution in [0.2, 0.25) is 5.02 Å². The van der Waals surface area contributed by atoms with Gasteiger partial charge in [0.2, 0.25) is 0 Å². The largest absolute Gasteiger partial charge is 0.492 e. The molecule has 3 rings (SSSR count). The van der Waals surface area contributed by atoms with Gasteiger partial charge in [-0.15, -0.1) is 0 Å². The minimum Gasteiger partial charge on any atom is -0.492 e. The molecule has 1 aliphatic heterocycles. The molecule has 0 aliphatic carbocycles. The smallest absolute Gasteiger partial charge is 0.119 e. The summed E-state index contributed by atoms with van der Waals surface area (Å²) in [6.45, 7) is 1.56. The van der Waals surface area contributed by atoms with Crippen molar-refractivity contribution in [2.24, 2.45) is 0 Å². The van der Waals surface area contributed by atoms with Crippen LogP contribution in [0, 0.1) is 0 Å². The number of hydrogen-bond donors (Lipinski definition) is 1. The Morgan fingerprint density at radius 2 is 1.89 bits per heavy atom. The van der Waals surface area contributed by atoms with Gasteiger partial charge < -0.3 is 10.1 Å². The molecule has 0 spiro atoms. The summed E-state index contributed by atoms with van der Waals surface area (Å²) in [6, 6.07) is 16.2. The standard InChI is InChI=1S/C15H14ClNO/c16-12-5-7-13(8-6-12)18-10-15-14-4-2-1-3-11(14)9-17-15/h1-8,15,17H,9-10H2. The van der Waals surface area contributed by atoms with Crippen molar-refractivity contribution in [1.29, 1.82) is 0 Å². The second-order valence-electron chi connectivity index (χ2n) is 4.40. The van der Waals surface area contributed by atoms with E-state index < -0.39 is 0 Å². The van der Waals surface area contributed by atoms with Crippen LogP contribution >= 0.6 is 11.6 Å². The molecule has 0 radical (unpaired) electrons. The maximum Gasteiger partial charge on any atom is 0.119 e. The normalized spacial score (nSPS) is 17.5. The number of hydrogen-bond acceptors (Lipinski definition) is 2. The van der Waals surface area contributed by atoms with E-state index in [0.29, 0.717) is 6.61 Å². The lowest BCUT2D eigenvalue weighted by atomic mass is 10.1. The highest BCUT2D eigenvalue weighted by Crippen LogP contribution is 2.26. The van der Waals surface area contributed by atoms with Crippen molar-refractivity contribution >= 4 is 11.6 Å². The van der Waals surface area contributed by atoms with E-state index in [0.717, 1.165) is 17.3 Å². The van der Waals surface area contributed by atoms with Crippen LogP contribution in [0.3, 0.4) is 0 Å². The van der Waals surface area contributed by atoms with Gasteiger partial charge in [-0.1, -0.05) is 35.9 Å². The Hall–Kier alpha value is -1.51. The highest BCUT2D eigenvalue weighted by atomic mass is 35.5. The second kappa shape index (κ2) is 5.01. The fourth-order valence-corrected chi connectivity index (χ4v) is 2.36. The maximum atomic E-state index is 5.84. The first-order valence-electron chi connectivity index (χ1n) is 6.02. The molecule has 92 valence electrons. The van der Waals surface area contributed by atoms with Crippen LogP contribution in [0.25, 0.3) is 0 Å². The van der Waals surface area contributed by atoms with E-state index in [9.17, 15) is 0 Å². The molecular formula is C15H14ClNO. The lowest BCUT2D eigenvalue weighted by Crippen LogP contribution is -2.19. The topological polar surface area (TPSA) is 21.3 Å². The molecule has 0 amide bonds. The molecule has 0 fully saturated rings. The van der Waals surface area contributed by atoms with Gasteiger partial charge in [0.15, 0.2) is 0 Å². The van der Waals surface area contributed by atoms with Crippen LogP contribution in [0.1, 0.15) is 17.2 Å². The quantitative estimate of drug-likeness (QED) is 0.910. The van der Waals surface area contributed by atoms with Crippen molar-refractivity contribution in [3.8, 4) is 5.75 Å². The van der Waals surface area contributed by atoms with Crippen molar-refractivity contribution in [3.05, 3.63) is 64.7 Å². The predicted molar refractivity (Wildman–Crippen MR) is 73.0 cm³/mol. The minimum atomic E-state index is 0.275. The van der Waals surface area contributed by atoms with Gasteiger partial charge in [0.05, 0.1) is 6.04 Å². The zero-order valence-corrected chi connectivity index (χ0v) is 10.7. The number of benzene rings is 2. The summed E-state index contributed by atoms with van der Waals surface area (Å²) in [5.74, 6) is 0.852. The van der Waals surface area contributed by atoms with Crippen LogP contribution in [-0.4, -0.2) is 6.61 Å². The average Bonchev–Trinajstić information content (AvgIpc) is 2.82. The Morgan fingerprint density at radius 3 is 2.72 bits per heavy atom. The molecule has 2 nitrogen and oxygen atoms in total. The first-order chi connectivity index (χ1) is 8.83. The van der Waals surface area contributed by atoms with E-state index >= 15 is 0 Å². The maximum absolute atomic E-state index is 5.84. The predicted octanol–water partition coefficient (Wildman–Crippen LogP) is 3.56. The van der Waals surface area contributed by atoms with E-state index in [1.54, 1.807) is 0 Å². The van der Waals surface area contributed by atoms with Crippen LogP contribution in [-0.2, 0) is 6.54 Å². The molecule has 18 heavy (non-hydrogen) atoms. The summed E-state index contributed by atoms with van der Waals surface area (Å²) < 4.78 is 5.78. The van der Waals surface area contributed by atoms with Gasteiger partial charge >= 0.3 is 0 Å². The molecule has 1 aliphatic rings. The van der Waals surface area contributed by atoms with Crippen molar-refractivity contribution in [2.45, 2.75) is 12.6 Å². The highest BCUT2D eigenvalue weighted by molar-refractivity contribution is 6.30. The van der Waals surface area contributed by atoms with Crippen LogP contribution in [0.5, 0.6) is 5.75 Å². The Labute approximate surface area is 112 Å². The summed E-state index contributed by atoms with van der Waals surface area (Å²) in [6.07, 6.45) is 0. The number of fused-ring (bicyclic) bond motifs is 1. The third-order valence-corrected chi connectivity index (χ3v) is 3.45. The van der Waals surface area contributed by atoms with Gasteiger partial charge in [0.1, 0.15) is 12.4 Å². The Balaban J connectivity index is 1.67. The van der Waals surface area contributed by atoms with Crippen LogP contribution in [0.15, 0.2) is 48.5 Å². The fourth-order valence-electron chi connectivity index (χ4n) is 2.24. The van der Waals surface area contributed by atoms with Crippen molar-refractivity contribution in [2.75, 3.05) is 6.61 Å². The number of nitrogens with one attached hydrogen (secondary N) is 1. The van der Waals surface area contributed by atoms with Crippen molar-refractivity contribution in [1.82, 2.24) is 5.32 Å². The molecule has 1 unspecified atom stereocenters. The summed E-state index contributed by atoms with van der Waals surface area (Å²) >= 11 is 5.84. The molecule has 0 saturated carbocycles. The minimum absolute atomic E-state index is 0.275. The zero-order chi connectivity index (χ0) is 12.4. The van der Waals surface area contributed by atoms with E-state index in [1.807, 2.05) is 24.3 Å². The third kappa shape index (κ3) is 2.35. The molecular weight excluding hydrogens is 246 g/mol. The molecule has 0 saturated heterocycles. The summed E-state index contributed by atoms with van der Waals surface area (Å²) in [5.41, 5.74) is 2.70. The molecule has 1 N–H and O–H groups in total. The van der Waals surface area contributed by atoms with E-state index in [1.165, 1.54) is 11.1 Å². The third-order valence-electron chi connectivity index (χ3n) is 3.20. The van der Waals surface area contributed by atoms with Gasteiger partial charge in [-0.05, 0) is 35.4 Å². The molecule has 2 aromatic rings. The summed E-state index contributed by atoms with van der Waals surface area (Å²) in [7, 11) is 0. The van der Waals surface area contributed by atoms with E-state index in [4.69, 9.17) is 16.3 Å². The van der Waals surface area contributed by atoms with E-state index in [2.05, 4.69) is 29.6 Å². The number of ether oxygens (including phenoxy) is 1. The summed E-state index contributed by atoms with van der Waals surface area (Å²) in [4.78, 5) is 0. The Bertz CT molecular complexity index is 538. The fraction of sp³-hybridized carbons (Fsp3) is 0.200. The molecule has 1 atom stereocenters. The van der Waals surface area contributed by atoms with Crippen LogP contribution < -0.4 is 10.1 Å². The molecule has 0 aromatic heterocycles. The highest BCUT2D eigenvalue weighted by Gasteiger charge is 2.21. The van der Waals surface area contributed by atoms with Crippen molar-refractivity contribution < 1.29 is 4.74 Å². The summed E-state index contributed by atoms with van der Waals surface area (Å²) in [5, 5.41) is 4.18. The van der Waals surface area contributed by atoms with Gasteiger partial charge in [-0.2, -0.15) is 0 Å². The van der Waals surface area contributed by atoms with Crippen molar-refractivity contribution in [3.63, 3.8) is 0 Å². The van der Waals surface area contributed by atoms with Gasteiger partial charge in [0, 0.05) is 11.6 Å². The van der Waals surface area contributed by atoms with Crippen LogP contribution in [0.4, 0.5) is 0 Å². The number of halogens is 1. The van der Waals surface area contributed by atoms with Gasteiger partial charge in [-0.25, -0.2) is 0 Å². The Morgan fingerprint density at radius 1 is 1.11 bits per heavy atom. The lowest BCUT2D eigenvalue weighted by molar-refractivity contribution is 0.274. The lowest BCUT2D eigenvalue weighted by Gasteiger charge is -2.13. The molecule has 2 aromatic carbocycles. The van der Waals surface area contributed by atoms with Gasteiger partial charge in [-0.3, -0.25) is 0 Å². The molecule has 0 bridgehead atoms. The van der Waals surface area contributed by atoms with E-state index in [-0.39, 0.29) is 6.04 Å². The first kappa shape index (κ1) is 11.6. The number of rotatable bonds is 3. The molecule has 3 heteroatoms. The Kier molecular flexibility index (Phi) is 3.22. The molecule has 1 heterocycles. The second-order valence-corrected chi connectivity index (χ2v) is 4.83. The van der Waals surface area contributed by atoms with Gasteiger partial charge in [0.25, 0.3) is 0 Å². The average molecular weight is 260 g/mol. The SMILES string of the molecule is Clc1ccc(OCC2NCc3ccccc32)cc1. The first-order valence-corrected chi connectivity index (χ1v) is 6.40. The monoisotopic (exact) mass is 259 g/mol.